The lowest BCUT2D eigenvalue weighted by molar-refractivity contribution is -0.117. The molecule has 1 amide bonds. The molecule has 0 spiro atoms. The van der Waals surface area contributed by atoms with Crippen LogP contribution in [0.3, 0.4) is 0 Å². The number of hydrogen-bond donors (Lipinski definition) is 2. The molecule has 7 heteroatoms. The number of anilines is 1. The van der Waals surface area contributed by atoms with Gasteiger partial charge in [0.25, 0.3) is 0 Å². The van der Waals surface area contributed by atoms with E-state index in [4.69, 9.17) is 0 Å². The van der Waals surface area contributed by atoms with E-state index in [-0.39, 0.29) is 17.4 Å². The highest BCUT2D eigenvalue weighted by molar-refractivity contribution is 5.95. The van der Waals surface area contributed by atoms with E-state index >= 15 is 0 Å². The molecule has 1 aromatic heterocycles. The molecule has 1 unspecified atom stereocenters. The molecule has 122 valence electrons. The second kappa shape index (κ2) is 6.99. The zero-order valence-corrected chi connectivity index (χ0v) is 13.0. The molecule has 2 N–H and O–H groups in total. The summed E-state index contributed by atoms with van der Waals surface area (Å²) < 4.78 is 13.8. The van der Waals surface area contributed by atoms with Crippen LogP contribution in [0.1, 0.15) is 22.9 Å². The van der Waals surface area contributed by atoms with E-state index in [1.165, 1.54) is 12.1 Å². The molecular formula is C17H16FN5O. The molecule has 0 aliphatic heterocycles. The number of rotatable bonds is 5. The van der Waals surface area contributed by atoms with Crippen molar-refractivity contribution in [1.82, 2.24) is 20.6 Å². The van der Waals surface area contributed by atoms with Crippen LogP contribution in [-0.2, 0) is 11.2 Å². The zero-order valence-electron chi connectivity index (χ0n) is 13.0. The summed E-state index contributed by atoms with van der Waals surface area (Å²) in [4.78, 5) is 12.7. The molecule has 0 radical (unpaired) electrons. The molecule has 1 heterocycles. The third-order valence-corrected chi connectivity index (χ3v) is 3.64. The smallest absolute Gasteiger partial charge is 0.235 e. The van der Waals surface area contributed by atoms with Crippen LogP contribution in [0.5, 0.6) is 0 Å². The number of halogens is 1. The van der Waals surface area contributed by atoms with Crippen LogP contribution in [0.2, 0.25) is 0 Å². The van der Waals surface area contributed by atoms with Gasteiger partial charge in [-0.2, -0.15) is 5.21 Å². The van der Waals surface area contributed by atoms with Crippen molar-refractivity contribution >= 4 is 11.6 Å². The monoisotopic (exact) mass is 325 g/mol. The van der Waals surface area contributed by atoms with E-state index in [1.807, 2.05) is 31.2 Å². The maximum Gasteiger partial charge on any atom is 0.235 e. The molecular weight excluding hydrogens is 309 g/mol. The number of carbonyl (C=O) groups excluding carboxylic acids is 1. The Morgan fingerprint density at radius 2 is 2.08 bits per heavy atom. The topological polar surface area (TPSA) is 83.6 Å². The molecule has 6 nitrogen and oxygen atoms in total. The van der Waals surface area contributed by atoms with Gasteiger partial charge in [0.05, 0.1) is 5.69 Å². The maximum atomic E-state index is 13.8. The largest absolute Gasteiger partial charge is 0.323 e. The Labute approximate surface area is 138 Å². The van der Waals surface area contributed by atoms with Gasteiger partial charge in [0.2, 0.25) is 5.91 Å². The number of aromatic nitrogens is 4. The molecule has 3 aromatic rings. The maximum absolute atomic E-state index is 13.8. The molecule has 0 bridgehead atoms. The van der Waals surface area contributed by atoms with Crippen molar-refractivity contribution in [1.29, 1.82) is 0 Å². The third kappa shape index (κ3) is 3.62. The van der Waals surface area contributed by atoms with E-state index in [9.17, 15) is 9.18 Å². The van der Waals surface area contributed by atoms with E-state index in [1.54, 1.807) is 12.1 Å². The average molecular weight is 325 g/mol. The predicted octanol–water partition coefficient (Wildman–Crippen LogP) is 2.61. The lowest BCUT2D eigenvalue weighted by Crippen LogP contribution is -2.24. The fraction of sp³-hybridized carbons (Fsp3) is 0.176. The first-order valence-corrected chi connectivity index (χ1v) is 7.48. The number of hydrogen-bond acceptors (Lipinski definition) is 4. The van der Waals surface area contributed by atoms with Crippen LogP contribution in [0.4, 0.5) is 10.1 Å². The van der Waals surface area contributed by atoms with Gasteiger partial charge < -0.3 is 5.32 Å². The number of nitrogens with zero attached hydrogens (tertiary/aromatic N) is 3. The number of amides is 1. The Hall–Kier alpha value is -3.09. The minimum Gasteiger partial charge on any atom is -0.323 e. The summed E-state index contributed by atoms with van der Waals surface area (Å²) in [7, 11) is 0. The Balaban J connectivity index is 1.85. The fourth-order valence-corrected chi connectivity index (χ4v) is 2.48. The number of para-hydroxylation sites is 1. The molecule has 1 atom stereocenters. The molecule has 0 aliphatic rings. The number of tetrazole rings is 1. The third-order valence-electron chi connectivity index (χ3n) is 3.64. The number of aryl methyl sites for hydroxylation is 1. The van der Waals surface area contributed by atoms with Crippen molar-refractivity contribution in [3.05, 3.63) is 71.3 Å². The summed E-state index contributed by atoms with van der Waals surface area (Å²) in [5, 5.41) is 16.3. The van der Waals surface area contributed by atoms with Crippen molar-refractivity contribution in [2.45, 2.75) is 19.3 Å². The minimum absolute atomic E-state index is 0.125. The van der Waals surface area contributed by atoms with Crippen molar-refractivity contribution < 1.29 is 9.18 Å². The second-order valence-corrected chi connectivity index (χ2v) is 5.48. The van der Waals surface area contributed by atoms with Crippen LogP contribution >= 0.6 is 0 Å². The quantitative estimate of drug-likeness (QED) is 0.755. The lowest BCUT2D eigenvalue weighted by Gasteiger charge is -2.14. The highest BCUT2D eigenvalue weighted by atomic mass is 19.1. The standard InChI is InChI=1S/C17H16FN5O/c1-11-5-4-6-12(9-11)10-13(16-20-22-23-21-16)17(24)19-15-8-3-2-7-14(15)18/h2-9,13H,10H2,1H3,(H,19,24)(H,20,21,22,23). The van der Waals surface area contributed by atoms with E-state index in [2.05, 4.69) is 25.9 Å². The van der Waals surface area contributed by atoms with E-state index in [0.29, 0.717) is 6.42 Å². The minimum atomic E-state index is -0.676. The molecule has 0 saturated carbocycles. The highest BCUT2D eigenvalue weighted by Gasteiger charge is 2.26. The van der Waals surface area contributed by atoms with Gasteiger partial charge in [0.1, 0.15) is 11.7 Å². The summed E-state index contributed by atoms with van der Waals surface area (Å²) in [6.07, 6.45) is 0.390. The predicted molar refractivity (Wildman–Crippen MR) is 86.8 cm³/mol. The summed E-state index contributed by atoms with van der Waals surface area (Å²) in [6.45, 7) is 1.98. The van der Waals surface area contributed by atoms with Crippen LogP contribution in [0.15, 0.2) is 48.5 Å². The van der Waals surface area contributed by atoms with Crippen molar-refractivity contribution in [2.24, 2.45) is 0 Å². The fourth-order valence-electron chi connectivity index (χ4n) is 2.48. The summed E-state index contributed by atoms with van der Waals surface area (Å²) in [5.41, 5.74) is 2.18. The van der Waals surface area contributed by atoms with Gasteiger partial charge in [-0.1, -0.05) is 47.2 Å². The van der Waals surface area contributed by atoms with Gasteiger partial charge in [0, 0.05) is 0 Å². The first kappa shape index (κ1) is 15.8. The van der Waals surface area contributed by atoms with E-state index < -0.39 is 11.7 Å². The molecule has 0 aliphatic carbocycles. The Kier molecular flexibility index (Phi) is 4.60. The lowest BCUT2D eigenvalue weighted by atomic mass is 9.96. The molecule has 0 saturated heterocycles. The van der Waals surface area contributed by atoms with Gasteiger partial charge in [-0.15, -0.1) is 10.2 Å². The van der Waals surface area contributed by atoms with Gasteiger partial charge >= 0.3 is 0 Å². The van der Waals surface area contributed by atoms with E-state index in [0.717, 1.165) is 11.1 Å². The van der Waals surface area contributed by atoms with Crippen LogP contribution < -0.4 is 5.32 Å². The first-order valence-electron chi connectivity index (χ1n) is 7.48. The van der Waals surface area contributed by atoms with Crippen molar-refractivity contribution in [3.8, 4) is 0 Å². The zero-order chi connectivity index (χ0) is 16.9. The van der Waals surface area contributed by atoms with Crippen molar-refractivity contribution in [2.75, 3.05) is 5.32 Å². The SMILES string of the molecule is Cc1cccc(CC(C(=O)Nc2ccccc2F)c2nn[nH]n2)c1. The Morgan fingerprint density at radius 1 is 1.25 bits per heavy atom. The molecule has 3 rings (SSSR count). The highest BCUT2D eigenvalue weighted by Crippen LogP contribution is 2.21. The van der Waals surface area contributed by atoms with Crippen LogP contribution in [0, 0.1) is 12.7 Å². The number of aromatic amines is 1. The second-order valence-electron chi connectivity index (χ2n) is 5.48. The van der Waals surface area contributed by atoms with Crippen LogP contribution in [0.25, 0.3) is 0 Å². The normalized spacial score (nSPS) is 11.9. The number of benzene rings is 2. The molecule has 0 fully saturated rings. The molecule has 24 heavy (non-hydrogen) atoms. The number of H-pyrrole nitrogens is 1. The van der Waals surface area contributed by atoms with Gasteiger partial charge in [0.15, 0.2) is 5.82 Å². The number of nitrogens with one attached hydrogen (secondary N) is 2. The van der Waals surface area contributed by atoms with Gasteiger partial charge in [-0.25, -0.2) is 4.39 Å². The van der Waals surface area contributed by atoms with Gasteiger partial charge in [-0.3, -0.25) is 4.79 Å². The summed E-state index contributed by atoms with van der Waals surface area (Å²) >= 11 is 0. The summed E-state index contributed by atoms with van der Waals surface area (Å²) in [5.74, 6) is -1.29. The Bertz CT molecular complexity index is 835. The summed E-state index contributed by atoms with van der Waals surface area (Å²) in [6, 6.07) is 13.8. The number of carbonyl (C=O) groups is 1. The van der Waals surface area contributed by atoms with Crippen LogP contribution in [-0.4, -0.2) is 26.5 Å². The van der Waals surface area contributed by atoms with Crippen molar-refractivity contribution in [3.63, 3.8) is 0 Å². The average Bonchev–Trinajstić information content (AvgIpc) is 3.09. The van der Waals surface area contributed by atoms with Gasteiger partial charge in [-0.05, 0) is 31.0 Å². The first-order chi connectivity index (χ1) is 11.6. The molecule has 2 aromatic carbocycles. The Morgan fingerprint density at radius 3 is 2.79 bits per heavy atom.